The number of likely N-dealkylation sites (tertiary alicyclic amines) is 1. The Bertz CT molecular complexity index is 742. The smallest absolute Gasteiger partial charge is 0.235 e. The van der Waals surface area contributed by atoms with Gasteiger partial charge in [-0.15, -0.1) is 36.6 Å². The van der Waals surface area contributed by atoms with Crippen LogP contribution in [0.4, 0.5) is 0 Å². The van der Waals surface area contributed by atoms with Gasteiger partial charge >= 0.3 is 0 Å². The molecule has 9 heteroatoms. The lowest BCUT2D eigenvalue weighted by molar-refractivity contribution is -0.131. The number of hydrogen-bond acceptors (Lipinski definition) is 5. The fourth-order valence-electron chi connectivity index (χ4n) is 3.20. The van der Waals surface area contributed by atoms with Gasteiger partial charge in [0.05, 0.1) is 17.2 Å². The fourth-order valence-corrected chi connectivity index (χ4v) is 4.13. The Morgan fingerprint density at radius 3 is 2.79 bits per heavy atom. The molecular weight excluding hydrogens is 441 g/mol. The topological polar surface area (TPSA) is 58.4 Å². The third-order valence-corrected chi connectivity index (χ3v) is 5.95. The monoisotopic (exact) mass is 465 g/mol. The van der Waals surface area contributed by atoms with Gasteiger partial charge < -0.3 is 14.6 Å². The summed E-state index contributed by atoms with van der Waals surface area (Å²) in [6, 6.07) is 7.77. The maximum atomic E-state index is 12.7. The second-order valence-corrected chi connectivity index (χ2v) is 8.23. The van der Waals surface area contributed by atoms with Gasteiger partial charge in [-0.2, -0.15) is 0 Å². The van der Waals surface area contributed by atoms with Crippen molar-refractivity contribution < 1.29 is 9.21 Å². The minimum absolute atomic E-state index is 0. The molecule has 1 fully saturated rings. The quantitative estimate of drug-likeness (QED) is 0.642. The molecule has 1 aliphatic rings. The molecular formula is C19H26Cl3N3O2S. The van der Waals surface area contributed by atoms with E-state index >= 15 is 0 Å². The van der Waals surface area contributed by atoms with Crippen molar-refractivity contribution >= 4 is 54.1 Å². The van der Waals surface area contributed by atoms with Crippen LogP contribution in [0.5, 0.6) is 0 Å². The summed E-state index contributed by atoms with van der Waals surface area (Å²) in [7, 11) is 1.93. The minimum Gasteiger partial charge on any atom is -0.440 e. The lowest BCUT2D eigenvalue weighted by atomic mass is 10.2. The van der Waals surface area contributed by atoms with Gasteiger partial charge in [-0.1, -0.05) is 11.6 Å². The molecule has 2 heterocycles. The van der Waals surface area contributed by atoms with Crippen molar-refractivity contribution in [1.29, 1.82) is 0 Å². The molecule has 2 unspecified atom stereocenters. The van der Waals surface area contributed by atoms with E-state index in [0.717, 1.165) is 31.5 Å². The maximum Gasteiger partial charge on any atom is 0.235 e. The summed E-state index contributed by atoms with van der Waals surface area (Å²) in [5.74, 6) is 2.13. The first-order chi connectivity index (χ1) is 12.6. The van der Waals surface area contributed by atoms with E-state index in [2.05, 4.69) is 10.3 Å². The molecule has 2 atom stereocenters. The SMILES string of the molecule is CNCC1CCCN1C(=O)C(C)SCc1ncc(-c2ccc(Cl)cc2)o1.Cl.Cl. The van der Waals surface area contributed by atoms with Gasteiger partial charge in [0.2, 0.25) is 11.8 Å². The van der Waals surface area contributed by atoms with Gasteiger partial charge in [-0.3, -0.25) is 4.79 Å². The molecule has 0 spiro atoms. The first-order valence-corrected chi connectivity index (χ1v) is 10.3. The molecule has 1 amide bonds. The van der Waals surface area contributed by atoms with E-state index in [1.54, 1.807) is 18.0 Å². The van der Waals surface area contributed by atoms with Crippen molar-refractivity contribution in [3.8, 4) is 11.3 Å². The molecule has 1 aliphatic heterocycles. The number of nitrogens with one attached hydrogen (secondary N) is 1. The predicted octanol–water partition coefficient (Wildman–Crippen LogP) is 4.67. The third kappa shape index (κ3) is 6.29. The van der Waals surface area contributed by atoms with Crippen LogP contribution in [0.15, 0.2) is 34.9 Å². The van der Waals surface area contributed by atoms with Crippen molar-refractivity contribution in [1.82, 2.24) is 15.2 Å². The second kappa shape index (κ2) is 11.9. The molecule has 2 aromatic rings. The van der Waals surface area contributed by atoms with Crippen LogP contribution < -0.4 is 5.32 Å². The Morgan fingerprint density at radius 1 is 1.39 bits per heavy atom. The number of benzene rings is 1. The van der Waals surface area contributed by atoms with Crippen LogP contribution in [0.2, 0.25) is 5.02 Å². The molecule has 28 heavy (non-hydrogen) atoms. The molecule has 1 aromatic carbocycles. The molecule has 1 saturated heterocycles. The third-order valence-electron chi connectivity index (χ3n) is 4.59. The number of rotatable bonds is 7. The Hall–Kier alpha value is -0.920. The van der Waals surface area contributed by atoms with Crippen LogP contribution in [0.1, 0.15) is 25.7 Å². The van der Waals surface area contributed by atoms with E-state index in [0.29, 0.717) is 28.5 Å². The Balaban J connectivity index is 0.00000196. The Morgan fingerprint density at radius 2 is 2.11 bits per heavy atom. The summed E-state index contributed by atoms with van der Waals surface area (Å²) in [4.78, 5) is 19.1. The summed E-state index contributed by atoms with van der Waals surface area (Å²) >= 11 is 7.48. The first kappa shape index (κ1) is 25.1. The number of halogens is 3. The van der Waals surface area contributed by atoms with Crippen LogP contribution in [0, 0.1) is 0 Å². The van der Waals surface area contributed by atoms with Gasteiger partial charge in [0.25, 0.3) is 0 Å². The molecule has 0 radical (unpaired) electrons. The lowest BCUT2D eigenvalue weighted by Gasteiger charge is -2.27. The Labute approximate surface area is 187 Å². The minimum atomic E-state index is -0.113. The van der Waals surface area contributed by atoms with Crippen molar-refractivity contribution in [3.05, 3.63) is 41.4 Å². The zero-order chi connectivity index (χ0) is 18.5. The number of carbonyl (C=O) groups excluding carboxylic acids is 1. The number of hydrogen-bond donors (Lipinski definition) is 1. The van der Waals surface area contributed by atoms with Crippen LogP contribution in [-0.4, -0.2) is 47.2 Å². The maximum absolute atomic E-state index is 12.7. The van der Waals surface area contributed by atoms with Crippen molar-refractivity contribution in [2.24, 2.45) is 0 Å². The van der Waals surface area contributed by atoms with E-state index in [4.69, 9.17) is 16.0 Å². The normalized spacial score (nSPS) is 17.0. The molecule has 0 bridgehead atoms. The molecule has 0 aliphatic carbocycles. The van der Waals surface area contributed by atoms with E-state index in [1.807, 2.05) is 43.1 Å². The average Bonchev–Trinajstić information content (AvgIpc) is 3.29. The summed E-state index contributed by atoms with van der Waals surface area (Å²) in [5, 5.41) is 3.76. The second-order valence-electron chi connectivity index (χ2n) is 6.46. The fraction of sp³-hybridized carbons (Fsp3) is 0.474. The van der Waals surface area contributed by atoms with Gasteiger partial charge in [-0.25, -0.2) is 4.98 Å². The van der Waals surface area contributed by atoms with Gasteiger partial charge in [0.15, 0.2) is 5.76 Å². The van der Waals surface area contributed by atoms with E-state index in [1.165, 1.54) is 0 Å². The molecule has 1 aromatic heterocycles. The van der Waals surface area contributed by atoms with Crippen molar-refractivity contribution in [2.75, 3.05) is 20.1 Å². The van der Waals surface area contributed by atoms with Crippen molar-refractivity contribution in [2.45, 2.75) is 36.8 Å². The summed E-state index contributed by atoms with van der Waals surface area (Å²) < 4.78 is 5.81. The van der Waals surface area contributed by atoms with Crippen LogP contribution in [0.3, 0.4) is 0 Å². The zero-order valence-electron chi connectivity index (χ0n) is 15.9. The molecule has 156 valence electrons. The number of likely N-dealkylation sites (N-methyl/N-ethyl adjacent to an activating group) is 1. The highest BCUT2D eigenvalue weighted by Gasteiger charge is 2.31. The number of aromatic nitrogens is 1. The number of thioether (sulfide) groups is 1. The van der Waals surface area contributed by atoms with E-state index in [-0.39, 0.29) is 36.0 Å². The van der Waals surface area contributed by atoms with Gasteiger partial charge in [0, 0.05) is 29.7 Å². The van der Waals surface area contributed by atoms with Crippen LogP contribution in [-0.2, 0) is 10.5 Å². The number of carbonyl (C=O) groups is 1. The number of nitrogens with zero attached hydrogens (tertiary/aromatic N) is 2. The largest absolute Gasteiger partial charge is 0.440 e. The Kier molecular flexibility index (Phi) is 10.7. The van der Waals surface area contributed by atoms with Crippen LogP contribution in [0.25, 0.3) is 11.3 Å². The van der Waals surface area contributed by atoms with E-state index in [9.17, 15) is 4.79 Å². The average molecular weight is 467 g/mol. The molecule has 5 nitrogen and oxygen atoms in total. The summed E-state index contributed by atoms with van der Waals surface area (Å²) in [6.07, 6.45) is 3.88. The highest BCUT2D eigenvalue weighted by atomic mass is 35.5. The van der Waals surface area contributed by atoms with Crippen molar-refractivity contribution in [3.63, 3.8) is 0 Å². The van der Waals surface area contributed by atoms with Gasteiger partial charge in [-0.05, 0) is 51.1 Å². The van der Waals surface area contributed by atoms with E-state index < -0.39 is 0 Å². The molecule has 0 saturated carbocycles. The number of oxazole rings is 1. The molecule has 1 N–H and O–H groups in total. The summed E-state index contributed by atoms with van der Waals surface area (Å²) in [6.45, 7) is 3.67. The van der Waals surface area contributed by atoms with Crippen LogP contribution >= 0.6 is 48.2 Å². The number of amides is 1. The highest BCUT2D eigenvalue weighted by molar-refractivity contribution is 7.99. The lowest BCUT2D eigenvalue weighted by Crippen LogP contribution is -2.44. The zero-order valence-corrected chi connectivity index (χ0v) is 19.1. The predicted molar refractivity (Wildman–Crippen MR) is 121 cm³/mol. The summed E-state index contributed by atoms with van der Waals surface area (Å²) in [5.41, 5.74) is 0.939. The molecule has 3 rings (SSSR count). The van der Waals surface area contributed by atoms with Gasteiger partial charge in [0.1, 0.15) is 0 Å². The standard InChI is InChI=1S/C19H24ClN3O2S.2ClH/c1-13(19(24)23-9-3-4-16(23)10-21-2)26-12-18-22-11-17(25-18)14-5-7-15(20)8-6-14;;/h5-8,11,13,16,21H,3-4,9-10,12H2,1-2H3;2*1H. The highest BCUT2D eigenvalue weighted by Crippen LogP contribution is 2.27. The first-order valence-electron chi connectivity index (χ1n) is 8.86.